The van der Waals surface area contributed by atoms with Gasteiger partial charge in [0.05, 0.1) is 2.74 Å². The summed E-state index contributed by atoms with van der Waals surface area (Å²) in [5.41, 5.74) is 0. The molecular formula is C6H4F2. The van der Waals surface area contributed by atoms with Crippen LogP contribution < -0.4 is 0 Å². The Balaban J connectivity index is 3.28. The fourth-order valence-corrected chi connectivity index (χ4v) is 0.348. The predicted molar refractivity (Wildman–Crippen MR) is 26.4 cm³/mol. The molecule has 0 saturated carbocycles. The second-order valence-electron chi connectivity index (χ2n) is 1.27. The maximum Gasteiger partial charge on any atom is 0.158 e. The van der Waals surface area contributed by atoms with Crippen molar-refractivity contribution >= 4 is 0 Å². The minimum Gasteiger partial charge on any atom is -0.204 e. The summed E-state index contributed by atoms with van der Waals surface area (Å²) in [5.74, 6) is -2.16. The summed E-state index contributed by atoms with van der Waals surface area (Å²) >= 11 is 0. The first-order valence-corrected chi connectivity index (χ1v) is 2.03. The van der Waals surface area contributed by atoms with E-state index in [1.165, 1.54) is 0 Å². The monoisotopic (exact) mass is 116 g/mol. The molecule has 0 bridgehead atoms. The van der Waals surface area contributed by atoms with E-state index in [0.29, 0.717) is 12.1 Å². The van der Waals surface area contributed by atoms with Crippen molar-refractivity contribution < 1.29 is 11.5 Å². The van der Waals surface area contributed by atoms with E-state index in [0.717, 1.165) is 0 Å². The zero-order chi connectivity index (χ0) is 7.72. The molecule has 42 valence electrons. The van der Waals surface area contributed by atoms with Gasteiger partial charge in [-0.05, 0) is 12.1 Å². The van der Waals surface area contributed by atoms with Gasteiger partial charge in [0.25, 0.3) is 0 Å². The van der Waals surface area contributed by atoms with Crippen LogP contribution in [-0.2, 0) is 0 Å². The molecular weight excluding hydrogens is 110 g/mol. The molecule has 0 aromatic heterocycles. The highest BCUT2D eigenvalue weighted by Gasteiger charge is 1.93. The molecule has 0 nitrogen and oxygen atoms in total. The molecule has 1 aromatic carbocycles. The Bertz CT molecular complexity index is 210. The van der Waals surface area contributed by atoms with Crippen LogP contribution >= 0.6 is 0 Å². The minimum absolute atomic E-state index is 0.307. The second kappa shape index (κ2) is 1.90. The number of hydrogen-bond donors (Lipinski definition) is 0. The maximum absolute atomic E-state index is 12.2. The molecule has 0 heterocycles. The highest BCUT2D eigenvalue weighted by molar-refractivity contribution is 5.05. The first-order chi connectivity index (χ1) is 4.61. The van der Waals surface area contributed by atoms with Crippen molar-refractivity contribution in [1.82, 2.24) is 0 Å². The van der Waals surface area contributed by atoms with E-state index < -0.39 is 11.6 Å². The molecule has 0 saturated heterocycles. The van der Waals surface area contributed by atoms with Crippen LogP contribution in [0.4, 0.5) is 8.78 Å². The molecule has 0 aliphatic rings. The van der Waals surface area contributed by atoms with Crippen LogP contribution in [0.3, 0.4) is 0 Å². The van der Waals surface area contributed by atoms with Crippen molar-refractivity contribution in [1.29, 1.82) is 0 Å². The van der Waals surface area contributed by atoms with Gasteiger partial charge in [-0.25, -0.2) is 8.78 Å². The molecule has 1 aromatic rings. The molecule has 2 heteroatoms. The van der Waals surface area contributed by atoms with Gasteiger partial charge < -0.3 is 0 Å². The van der Waals surface area contributed by atoms with Crippen molar-refractivity contribution in [2.75, 3.05) is 0 Å². The Morgan fingerprint density at radius 3 is 1.88 bits per heavy atom. The molecule has 0 aliphatic carbocycles. The maximum atomic E-state index is 12.2. The summed E-state index contributed by atoms with van der Waals surface area (Å²) in [5, 5.41) is 0. The third kappa shape index (κ3) is 0.832. The molecule has 0 fully saturated rings. The lowest BCUT2D eigenvalue weighted by Crippen LogP contribution is -1.77. The van der Waals surface area contributed by atoms with Gasteiger partial charge in [0.15, 0.2) is 11.6 Å². The summed E-state index contributed by atoms with van der Waals surface area (Å²) in [6.07, 6.45) is 0. The number of rotatable bonds is 0. The normalized spacial score (nSPS) is 12.8. The van der Waals surface area contributed by atoms with Gasteiger partial charge in [-0.2, -0.15) is 0 Å². The molecule has 0 unspecified atom stereocenters. The molecule has 1 rings (SSSR count). The summed E-state index contributed by atoms with van der Waals surface area (Å²) in [4.78, 5) is 0. The van der Waals surface area contributed by atoms with Crippen LogP contribution in [0.2, 0.25) is 0 Å². The fourth-order valence-electron chi connectivity index (χ4n) is 0.348. The van der Waals surface area contributed by atoms with Gasteiger partial charge in [0.1, 0.15) is 0 Å². The fraction of sp³-hybridized carbons (Fsp3) is 0. The van der Waals surface area contributed by atoms with E-state index in [1.54, 1.807) is 0 Å². The van der Waals surface area contributed by atoms with Crippen LogP contribution in [0.15, 0.2) is 24.2 Å². The lowest BCUT2D eigenvalue weighted by atomic mass is 10.3. The molecule has 0 amide bonds. The highest BCUT2D eigenvalue weighted by Crippen LogP contribution is 2.01. The summed E-state index contributed by atoms with van der Waals surface area (Å²) in [6, 6.07) is 0.743. The lowest BCUT2D eigenvalue weighted by molar-refractivity contribution is 0.508. The van der Waals surface area contributed by atoms with Crippen molar-refractivity contribution in [3.8, 4) is 0 Å². The van der Waals surface area contributed by atoms with Crippen LogP contribution in [0, 0.1) is 11.6 Å². The van der Waals surface area contributed by atoms with Gasteiger partial charge in [-0.3, -0.25) is 0 Å². The Labute approximate surface area is 48.6 Å². The Morgan fingerprint density at radius 2 is 1.50 bits per heavy atom. The highest BCUT2D eigenvalue weighted by atomic mass is 19.2. The Morgan fingerprint density at radius 1 is 1.12 bits per heavy atom. The van der Waals surface area contributed by atoms with Gasteiger partial charge in [0.2, 0.25) is 0 Å². The first kappa shape index (κ1) is 3.17. The van der Waals surface area contributed by atoms with Crippen molar-refractivity contribution in [2.45, 2.75) is 0 Å². The van der Waals surface area contributed by atoms with E-state index in [-0.39, 0.29) is 12.1 Å². The molecule has 0 radical (unpaired) electrons. The third-order valence-corrected chi connectivity index (χ3v) is 0.709. The van der Waals surface area contributed by atoms with Crippen LogP contribution in [0.5, 0.6) is 0 Å². The average Bonchev–Trinajstić information content (AvgIpc) is 1.84. The topological polar surface area (TPSA) is 0 Å². The summed E-state index contributed by atoms with van der Waals surface area (Å²) in [7, 11) is 0. The van der Waals surface area contributed by atoms with Crippen molar-refractivity contribution in [3.63, 3.8) is 0 Å². The summed E-state index contributed by atoms with van der Waals surface area (Å²) in [6.45, 7) is 0. The number of benzene rings is 1. The average molecular weight is 116 g/mol. The Kier molecular flexibility index (Phi) is 0.755. The van der Waals surface area contributed by atoms with Crippen LogP contribution in [0.1, 0.15) is 2.74 Å². The minimum atomic E-state index is -1.08. The van der Waals surface area contributed by atoms with E-state index in [2.05, 4.69) is 0 Å². The smallest absolute Gasteiger partial charge is 0.158 e. The predicted octanol–water partition coefficient (Wildman–Crippen LogP) is 1.96. The summed E-state index contributed by atoms with van der Waals surface area (Å²) < 4.78 is 38.1. The zero-order valence-corrected chi connectivity index (χ0v) is 3.91. The van der Waals surface area contributed by atoms with Crippen LogP contribution in [0.25, 0.3) is 0 Å². The molecule has 0 spiro atoms. The van der Waals surface area contributed by atoms with E-state index in [4.69, 9.17) is 2.74 Å². The third-order valence-electron chi connectivity index (χ3n) is 0.709. The van der Waals surface area contributed by atoms with Crippen molar-refractivity contribution in [2.24, 2.45) is 0 Å². The molecule has 0 aliphatic heterocycles. The Hall–Kier alpha value is -0.920. The first-order valence-electron chi connectivity index (χ1n) is 3.03. The van der Waals surface area contributed by atoms with Crippen LogP contribution in [-0.4, -0.2) is 0 Å². The largest absolute Gasteiger partial charge is 0.204 e. The van der Waals surface area contributed by atoms with E-state index in [1.807, 2.05) is 0 Å². The standard InChI is InChI=1S/C6H4F2/c7-5-3-1-2-4-6(5)8/h1-4H/i1D,2D. The molecule has 8 heavy (non-hydrogen) atoms. The van der Waals surface area contributed by atoms with Gasteiger partial charge in [0, 0.05) is 0 Å². The van der Waals surface area contributed by atoms with Gasteiger partial charge >= 0.3 is 0 Å². The zero-order valence-electron chi connectivity index (χ0n) is 5.91. The lowest BCUT2D eigenvalue weighted by Gasteiger charge is -1.85. The molecule has 0 N–H and O–H groups in total. The van der Waals surface area contributed by atoms with Gasteiger partial charge in [-0.1, -0.05) is 12.1 Å². The van der Waals surface area contributed by atoms with E-state index in [9.17, 15) is 8.78 Å². The van der Waals surface area contributed by atoms with Crippen molar-refractivity contribution in [3.05, 3.63) is 35.9 Å². The van der Waals surface area contributed by atoms with E-state index >= 15 is 0 Å². The van der Waals surface area contributed by atoms with Gasteiger partial charge in [-0.15, -0.1) is 0 Å². The second-order valence-corrected chi connectivity index (χ2v) is 1.27. The SMILES string of the molecule is [2H]c1cc(F)c(F)cc1[2H]. The quantitative estimate of drug-likeness (QED) is 0.486. The molecule has 0 atom stereocenters. The number of halogens is 2. The number of hydrogen-bond acceptors (Lipinski definition) is 0.